The van der Waals surface area contributed by atoms with Gasteiger partial charge in [-0.25, -0.2) is 12.5 Å². The van der Waals surface area contributed by atoms with Crippen LogP contribution in [0.2, 0.25) is 0 Å². The van der Waals surface area contributed by atoms with Gasteiger partial charge in [0.1, 0.15) is 0 Å². The first-order chi connectivity index (χ1) is 9.72. The molecule has 0 spiro atoms. The van der Waals surface area contributed by atoms with E-state index in [4.69, 9.17) is 13.7 Å². The second kappa shape index (κ2) is 8.46. The summed E-state index contributed by atoms with van der Waals surface area (Å²) in [4.78, 5) is 0. The molecule has 2 atom stereocenters. The van der Waals surface area contributed by atoms with Gasteiger partial charge in [-0.1, -0.05) is 6.92 Å². The van der Waals surface area contributed by atoms with Gasteiger partial charge in [0.2, 0.25) is 0 Å². The molecule has 0 aromatic carbocycles. The van der Waals surface area contributed by atoms with E-state index in [0.717, 1.165) is 0 Å². The Hall–Kier alpha value is -0.390. The summed E-state index contributed by atoms with van der Waals surface area (Å²) in [6, 6.07) is 0. The maximum Gasteiger partial charge on any atom is 0.397 e. The zero-order chi connectivity index (χ0) is 17.6. The van der Waals surface area contributed by atoms with Crippen LogP contribution in [0.25, 0.3) is 0 Å². The molecule has 0 bridgehead atoms. The second-order valence-electron chi connectivity index (χ2n) is 3.97. The summed E-state index contributed by atoms with van der Waals surface area (Å²) in [6.07, 6.45) is -3.50. The lowest BCUT2D eigenvalue weighted by molar-refractivity contribution is 0.0840. The van der Waals surface area contributed by atoms with E-state index in [0.29, 0.717) is 0 Å². The van der Waals surface area contributed by atoms with Gasteiger partial charge in [0.25, 0.3) is 0 Å². The van der Waals surface area contributed by atoms with Crippen LogP contribution in [0.5, 0.6) is 0 Å². The maximum absolute atomic E-state index is 10.7. The Morgan fingerprint density at radius 2 is 1.27 bits per heavy atom. The maximum atomic E-state index is 10.7. The molecule has 0 aliphatic heterocycles. The predicted octanol–water partition coefficient (Wildman–Crippen LogP) is -0.628. The van der Waals surface area contributed by atoms with E-state index in [1.165, 1.54) is 6.92 Å². The van der Waals surface area contributed by atoms with Crippen molar-refractivity contribution in [3.8, 4) is 0 Å². The summed E-state index contributed by atoms with van der Waals surface area (Å²) < 4.78 is 101. The van der Waals surface area contributed by atoms with E-state index in [1.807, 2.05) is 0 Å². The van der Waals surface area contributed by atoms with Crippen molar-refractivity contribution in [2.45, 2.75) is 38.4 Å². The second-order valence-corrected chi connectivity index (χ2v) is 7.16. The molecule has 0 radical (unpaired) electrons. The zero-order valence-corrected chi connectivity index (χ0v) is 13.7. The van der Waals surface area contributed by atoms with Crippen LogP contribution in [0.1, 0.15) is 26.2 Å². The van der Waals surface area contributed by atoms with Crippen LogP contribution in [-0.4, -0.2) is 57.7 Å². The van der Waals surface area contributed by atoms with E-state index in [9.17, 15) is 25.3 Å². The fraction of sp³-hybridized carbons (Fsp3) is 1.00. The van der Waals surface area contributed by atoms with Gasteiger partial charge in [-0.15, -0.1) is 0 Å². The molecule has 15 heteroatoms. The molecule has 3 N–H and O–H groups in total. The molecule has 0 aliphatic rings. The lowest BCUT2D eigenvalue weighted by Crippen LogP contribution is -2.28. The third-order valence-electron chi connectivity index (χ3n) is 2.17. The zero-order valence-electron chi connectivity index (χ0n) is 11.2. The Bertz CT molecular complexity index is 632. The summed E-state index contributed by atoms with van der Waals surface area (Å²) in [5.41, 5.74) is 0. The van der Waals surface area contributed by atoms with Gasteiger partial charge in [0.05, 0.1) is 18.8 Å². The van der Waals surface area contributed by atoms with Gasteiger partial charge in [0, 0.05) is 12.8 Å². The smallest absolute Gasteiger partial charge is 0.264 e. The molecule has 0 aromatic heterocycles. The van der Waals surface area contributed by atoms with Crippen molar-refractivity contribution in [2.75, 3.05) is 6.61 Å². The number of hydrogen-bond acceptors (Lipinski definition) is 9. The van der Waals surface area contributed by atoms with Gasteiger partial charge < -0.3 is 0 Å². The molecular formula is C7H16O12S3. The van der Waals surface area contributed by atoms with E-state index < -0.39 is 62.9 Å². The molecular weight excluding hydrogens is 372 g/mol. The van der Waals surface area contributed by atoms with E-state index in [-0.39, 0.29) is 6.42 Å². The van der Waals surface area contributed by atoms with Gasteiger partial charge in [-0.3, -0.25) is 13.7 Å². The minimum Gasteiger partial charge on any atom is -0.264 e. The third-order valence-corrected chi connectivity index (χ3v) is 3.66. The quantitative estimate of drug-likeness (QED) is 0.380. The standard InChI is InChI=1S/C7H16O12S3/c1-2-6(18-21(11,12)13)5-7(19-22(14,15)16)3-4-17-20(8,9)10/h6-7H,2-5H2,1H3,(H,8,9,10)(H,11,12,13)(H,14,15,16). The van der Waals surface area contributed by atoms with E-state index in [2.05, 4.69) is 12.5 Å². The van der Waals surface area contributed by atoms with Crippen molar-refractivity contribution in [3.05, 3.63) is 0 Å². The van der Waals surface area contributed by atoms with Crippen molar-refractivity contribution in [1.82, 2.24) is 0 Å². The van der Waals surface area contributed by atoms with Crippen molar-refractivity contribution in [1.29, 1.82) is 0 Å². The number of rotatable bonds is 11. The highest BCUT2D eigenvalue weighted by Crippen LogP contribution is 2.16. The minimum absolute atomic E-state index is 0.0181. The van der Waals surface area contributed by atoms with E-state index in [1.54, 1.807) is 0 Å². The Morgan fingerprint density at radius 3 is 1.64 bits per heavy atom. The lowest BCUT2D eigenvalue weighted by Gasteiger charge is -2.20. The Kier molecular flexibility index (Phi) is 8.31. The summed E-state index contributed by atoms with van der Waals surface area (Å²) in [5.74, 6) is 0. The van der Waals surface area contributed by atoms with Crippen LogP contribution in [0.15, 0.2) is 0 Å². The van der Waals surface area contributed by atoms with Gasteiger partial charge in [0.15, 0.2) is 0 Å². The Labute approximate surface area is 128 Å². The molecule has 0 fully saturated rings. The molecule has 0 amide bonds. The van der Waals surface area contributed by atoms with E-state index >= 15 is 0 Å². The lowest BCUT2D eigenvalue weighted by atomic mass is 10.1. The molecule has 0 aromatic rings. The van der Waals surface area contributed by atoms with Crippen LogP contribution < -0.4 is 0 Å². The van der Waals surface area contributed by atoms with Gasteiger partial charge >= 0.3 is 31.2 Å². The van der Waals surface area contributed by atoms with Crippen LogP contribution in [0, 0.1) is 0 Å². The van der Waals surface area contributed by atoms with Crippen LogP contribution in [0.3, 0.4) is 0 Å². The van der Waals surface area contributed by atoms with Crippen LogP contribution >= 0.6 is 0 Å². The summed E-state index contributed by atoms with van der Waals surface area (Å²) in [6.45, 7) is 0.746. The number of hydrogen-bond donors (Lipinski definition) is 3. The Morgan fingerprint density at radius 1 is 0.818 bits per heavy atom. The largest absolute Gasteiger partial charge is 0.397 e. The molecule has 0 saturated carbocycles. The molecule has 0 rings (SSSR count). The summed E-state index contributed by atoms with van der Waals surface area (Å²) >= 11 is 0. The highest BCUT2D eigenvalue weighted by atomic mass is 32.3. The van der Waals surface area contributed by atoms with Gasteiger partial charge in [-0.2, -0.15) is 25.3 Å². The van der Waals surface area contributed by atoms with Crippen molar-refractivity contribution < 1.29 is 51.5 Å². The average molecular weight is 388 g/mol. The monoisotopic (exact) mass is 388 g/mol. The predicted molar refractivity (Wildman–Crippen MR) is 69.9 cm³/mol. The fourth-order valence-electron chi connectivity index (χ4n) is 1.40. The molecule has 22 heavy (non-hydrogen) atoms. The first-order valence-electron chi connectivity index (χ1n) is 5.65. The molecule has 0 aliphatic carbocycles. The van der Waals surface area contributed by atoms with Crippen molar-refractivity contribution in [2.24, 2.45) is 0 Å². The molecule has 2 unspecified atom stereocenters. The van der Waals surface area contributed by atoms with Crippen LogP contribution in [0.4, 0.5) is 0 Å². The highest BCUT2D eigenvalue weighted by molar-refractivity contribution is 7.81. The summed E-state index contributed by atoms with van der Waals surface area (Å²) in [7, 11) is -14.5. The first kappa shape index (κ1) is 21.6. The molecule has 0 saturated heterocycles. The molecule has 0 heterocycles. The average Bonchev–Trinajstić information content (AvgIpc) is 2.21. The first-order valence-corrected chi connectivity index (χ1v) is 9.74. The normalized spacial score (nSPS) is 16.4. The Balaban J connectivity index is 4.84. The third kappa shape index (κ3) is 13.3. The topological polar surface area (TPSA) is 191 Å². The van der Waals surface area contributed by atoms with Gasteiger partial charge in [-0.05, 0) is 6.42 Å². The molecule has 12 nitrogen and oxygen atoms in total. The van der Waals surface area contributed by atoms with Crippen LogP contribution in [-0.2, 0) is 43.7 Å². The SMILES string of the molecule is CCC(CC(CCOS(=O)(=O)O)OS(=O)(=O)O)OS(=O)(=O)O. The minimum atomic E-state index is -4.92. The van der Waals surface area contributed by atoms with Crippen molar-refractivity contribution >= 4 is 31.2 Å². The van der Waals surface area contributed by atoms with Crippen molar-refractivity contribution in [3.63, 3.8) is 0 Å². The molecule has 134 valence electrons. The highest BCUT2D eigenvalue weighted by Gasteiger charge is 2.25. The fourth-order valence-corrected chi connectivity index (χ4v) is 2.79. The summed E-state index contributed by atoms with van der Waals surface area (Å²) in [5, 5.41) is 0.